The Morgan fingerprint density at radius 3 is 2.28 bits per heavy atom. The Balaban J connectivity index is 1.53. The maximum Gasteiger partial charge on any atom is 0.300 e. The van der Waals surface area contributed by atoms with Gasteiger partial charge in [-0.2, -0.15) is 0 Å². The third kappa shape index (κ3) is 4.32. The Hall–Kier alpha value is -4.84. The van der Waals surface area contributed by atoms with Gasteiger partial charge in [-0.15, -0.1) is 0 Å². The average molecular weight is 488 g/mol. The molecule has 1 aliphatic rings. The molecule has 3 aromatic carbocycles. The van der Waals surface area contributed by atoms with E-state index in [0.717, 1.165) is 23.2 Å². The molecule has 2 heterocycles. The summed E-state index contributed by atoms with van der Waals surface area (Å²) in [7, 11) is 0. The molecule has 0 atom stereocenters. The number of aromatic amines is 1. The van der Waals surface area contributed by atoms with E-state index in [2.05, 4.69) is 15.3 Å². The van der Waals surface area contributed by atoms with E-state index in [0.29, 0.717) is 17.1 Å². The Morgan fingerprint density at radius 1 is 0.972 bits per heavy atom. The zero-order chi connectivity index (χ0) is 25.2. The molecule has 0 spiro atoms. The van der Waals surface area contributed by atoms with Crippen LogP contribution in [-0.2, 0) is 4.74 Å². The topological polar surface area (TPSA) is 157 Å². The molecule has 5 rings (SSSR count). The van der Waals surface area contributed by atoms with Gasteiger partial charge in [0, 0.05) is 30.8 Å². The monoisotopic (exact) mass is 488 g/mol. The van der Waals surface area contributed by atoms with Crippen molar-refractivity contribution in [2.24, 2.45) is 0 Å². The van der Waals surface area contributed by atoms with Gasteiger partial charge in [-0.25, -0.2) is 4.98 Å². The molecule has 1 aromatic heterocycles. The van der Waals surface area contributed by atoms with Crippen LogP contribution in [0, 0.1) is 20.2 Å². The van der Waals surface area contributed by atoms with Crippen LogP contribution in [0.3, 0.4) is 0 Å². The molecular formula is C24H20N6O6. The maximum atomic E-state index is 13.2. The Bertz CT molecular complexity index is 1430. The van der Waals surface area contributed by atoms with Gasteiger partial charge >= 0.3 is 0 Å². The minimum Gasteiger partial charge on any atom is -0.378 e. The quantitative estimate of drug-likeness (QED) is 0.303. The van der Waals surface area contributed by atoms with Gasteiger partial charge in [-0.1, -0.05) is 24.3 Å². The lowest BCUT2D eigenvalue weighted by Crippen LogP contribution is -2.37. The van der Waals surface area contributed by atoms with Gasteiger partial charge in [-0.05, 0) is 24.3 Å². The number of nitro groups is 2. The highest BCUT2D eigenvalue weighted by molar-refractivity contribution is 6.07. The highest BCUT2D eigenvalue weighted by Crippen LogP contribution is 2.39. The fraction of sp³-hybridized carbons (Fsp3) is 0.167. The van der Waals surface area contributed by atoms with Crippen LogP contribution in [0.2, 0.25) is 0 Å². The minimum absolute atomic E-state index is 0.132. The molecule has 0 saturated carbocycles. The van der Waals surface area contributed by atoms with Gasteiger partial charge in [0.25, 0.3) is 17.3 Å². The molecule has 36 heavy (non-hydrogen) atoms. The standard InChI is InChI=1S/C24H20N6O6/c31-24(27-17-6-2-1-5-16(17)23-25-18-7-3-4-8-19(18)26-23)15-13-20(29(32)33)22(21(14-15)30(34)35)28-9-11-36-12-10-28/h1-8,13-14H,9-12H2,(H,25,26)(H,27,31). The number of amides is 1. The van der Waals surface area contributed by atoms with Crippen LogP contribution in [0.4, 0.5) is 22.7 Å². The molecule has 0 radical (unpaired) electrons. The number of imidazole rings is 1. The van der Waals surface area contributed by atoms with Crippen molar-refractivity contribution in [3.63, 3.8) is 0 Å². The van der Waals surface area contributed by atoms with Gasteiger partial charge in [0.05, 0.1) is 45.3 Å². The summed E-state index contributed by atoms with van der Waals surface area (Å²) in [4.78, 5) is 44.8. The van der Waals surface area contributed by atoms with E-state index in [4.69, 9.17) is 4.74 Å². The highest BCUT2D eigenvalue weighted by Gasteiger charge is 2.33. The Kier molecular flexibility index (Phi) is 6.00. The zero-order valence-electron chi connectivity index (χ0n) is 18.8. The number of rotatable bonds is 6. The van der Waals surface area contributed by atoms with Crippen molar-refractivity contribution in [3.05, 3.63) is 86.5 Å². The van der Waals surface area contributed by atoms with Crippen molar-refractivity contribution in [2.75, 3.05) is 36.5 Å². The highest BCUT2D eigenvalue weighted by atomic mass is 16.6. The third-order valence-corrected chi connectivity index (χ3v) is 5.87. The first-order chi connectivity index (χ1) is 17.4. The molecule has 4 aromatic rings. The first kappa shape index (κ1) is 22.9. The molecule has 1 aliphatic heterocycles. The lowest BCUT2D eigenvalue weighted by Gasteiger charge is -2.28. The van der Waals surface area contributed by atoms with Gasteiger partial charge < -0.3 is 19.9 Å². The van der Waals surface area contributed by atoms with Crippen LogP contribution in [0.15, 0.2) is 60.7 Å². The van der Waals surface area contributed by atoms with Gasteiger partial charge in [0.2, 0.25) is 0 Å². The summed E-state index contributed by atoms with van der Waals surface area (Å²) < 4.78 is 5.26. The number of H-pyrrole nitrogens is 1. The number of fused-ring (bicyclic) bond motifs is 1. The van der Waals surface area contributed by atoms with E-state index in [1.54, 1.807) is 29.2 Å². The zero-order valence-corrected chi connectivity index (χ0v) is 18.8. The van der Waals surface area contributed by atoms with E-state index < -0.39 is 27.1 Å². The maximum absolute atomic E-state index is 13.2. The molecule has 1 amide bonds. The first-order valence-corrected chi connectivity index (χ1v) is 11.1. The summed E-state index contributed by atoms with van der Waals surface area (Å²) in [5, 5.41) is 26.5. The molecule has 182 valence electrons. The van der Waals surface area contributed by atoms with Crippen LogP contribution < -0.4 is 10.2 Å². The van der Waals surface area contributed by atoms with Crippen molar-refractivity contribution < 1.29 is 19.4 Å². The molecule has 2 N–H and O–H groups in total. The normalized spacial score (nSPS) is 13.5. The Morgan fingerprint density at radius 2 is 1.61 bits per heavy atom. The molecular weight excluding hydrogens is 468 g/mol. The second-order valence-electron chi connectivity index (χ2n) is 8.08. The van der Waals surface area contributed by atoms with Crippen LogP contribution in [0.25, 0.3) is 22.4 Å². The number of hydrogen-bond donors (Lipinski definition) is 2. The van der Waals surface area contributed by atoms with Crippen LogP contribution in [-0.4, -0.2) is 52.0 Å². The smallest absolute Gasteiger partial charge is 0.300 e. The number of para-hydroxylation sites is 3. The van der Waals surface area contributed by atoms with Crippen molar-refractivity contribution >= 4 is 39.7 Å². The second kappa shape index (κ2) is 9.43. The second-order valence-corrected chi connectivity index (χ2v) is 8.08. The van der Waals surface area contributed by atoms with Crippen LogP contribution in [0.5, 0.6) is 0 Å². The van der Waals surface area contributed by atoms with E-state index in [-0.39, 0.29) is 37.6 Å². The predicted molar refractivity (Wildman–Crippen MR) is 132 cm³/mol. The number of nitro benzene ring substituents is 2. The molecule has 1 fully saturated rings. The average Bonchev–Trinajstić information content (AvgIpc) is 3.33. The fourth-order valence-electron chi connectivity index (χ4n) is 4.20. The van der Waals surface area contributed by atoms with Gasteiger partial charge in [-0.3, -0.25) is 25.0 Å². The molecule has 0 aliphatic carbocycles. The summed E-state index contributed by atoms with van der Waals surface area (Å²) in [5.74, 6) is -0.204. The summed E-state index contributed by atoms with van der Waals surface area (Å²) in [6.07, 6.45) is 0. The van der Waals surface area contributed by atoms with Crippen molar-refractivity contribution in [1.82, 2.24) is 9.97 Å². The number of hydrogen-bond acceptors (Lipinski definition) is 8. The first-order valence-electron chi connectivity index (χ1n) is 11.1. The summed E-state index contributed by atoms with van der Waals surface area (Å²) in [6, 6.07) is 16.5. The molecule has 12 heteroatoms. The number of benzene rings is 3. The van der Waals surface area contributed by atoms with Crippen LogP contribution in [0.1, 0.15) is 10.4 Å². The van der Waals surface area contributed by atoms with Crippen molar-refractivity contribution in [1.29, 1.82) is 0 Å². The number of nitrogens with one attached hydrogen (secondary N) is 2. The summed E-state index contributed by atoms with van der Waals surface area (Å²) in [5.41, 5.74) is 1.19. The number of aromatic nitrogens is 2. The predicted octanol–water partition coefficient (Wildman–Crippen LogP) is 4.14. The number of anilines is 2. The molecule has 1 saturated heterocycles. The number of carbonyl (C=O) groups excluding carboxylic acids is 1. The minimum atomic E-state index is -0.724. The van der Waals surface area contributed by atoms with E-state index >= 15 is 0 Å². The summed E-state index contributed by atoms with van der Waals surface area (Å²) in [6.45, 7) is 1.10. The van der Waals surface area contributed by atoms with Crippen molar-refractivity contribution in [3.8, 4) is 11.4 Å². The number of carbonyl (C=O) groups is 1. The van der Waals surface area contributed by atoms with Crippen molar-refractivity contribution in [2.45, 2.75) is 0 Å². The third-order valence-electron chi connectivity index (χ3n) is 5.87. The molecule has 12 nitrogen and oxygen atoms in total. The fourth-order valence-corrected chi connectivity index (χ4v) is 4.20. The number of morpholine rings is 1. The SMILES string of the molecule is O=C(Nc1ccccc1-c1nc2ccccc2[nH]1)c1cc([N+](=O)[O-])c(N2CCOCC2)c([N+](=O)[O-])c1. The number of nitrogens with zero attached hydrogens (tertiary/aromatic N) is 4. The summed E-state index contributed by atoms with van der Waals surface area (Å²) >= 11 is 0. The largest absolute Gasteiger partial charge is 0.378 e. The van der Waals surface area contributed by atoms with Gasteiger partial charge in [0.1, 0.15) is 5.82 Å². The molecule has 0 bridgehead atoms. The molecule has 0 unspecified atom stereocenters. The van der Waals surface area contributed by atoms with E-state index in [1.807, 2.05) is 24.3 Å². The van der Waals surface area contributed by atoms with E-state index in [1.165, 1.54) is 0 Å². The lowest BCUT2D eigenvalue weighted by molar-refractivity contribution is -0.392. The van der Waals surface area contributed by atoms with E-state index in [9.17, 15) is 25.0 Å². The Labute approximate surface area is 203 Å². The van der Waals surface area contributed by atoms with Gasteiger partial charge in [0.15, 0.2) is 5.69 Å². The number of ether oxygens (including phenoxy) is 1. The van der Waals surface area contributed by atoms with Crippen LogP contribution >= 0.6 is 0 Å². The lowest BCUT2D eigenvalue weighted by atomic mass is 10.1.